The van der Waals surface area contributed by atoms with Gasteiger partial charge in [0.25, 0.3) is 0 Å². The summed E-state index contributed by atoms with van der Waals surface area (Å²) in [5.74, 6) is -0.819. The molecule has 10 heteroatoms. The molecule has 0 saturated heterocycles. The number of carbonyl (C=O) groups is 2. The van der Waals surface area contributed by atoms with Crippen LogP contribution in [0.4, 0.5) is 0 Å². The van der Waals surface area contributed by atoms with Gasteiger partial charge in [0.05, 0.1) is 27.7 Å². The van der Waals surface area contributed by atoms with Crippen molar-refractivity contribution in [3.63, 3.8) is 0 Å². The molecule has 0 bridgehead atoms. The quantitative estimate of drug-likeness (QED) is 0.0221. The van der Waals surface area contributed by atoms with E-state index in [-0.39, 0.29) is 32.0 Å². The van der Waals surface area contributed by atoms with Crippen molar-refractivity contribution in [2.75, 3.05) is 47.5 Å². The maximum absolute atomic E-state index is 12.6. The SMILES string of the molecule is CCCCCCCCCCC/C=C/CCCCC(=O)O[C@H](COC(=O)CCCCCCCCCCCCC)COP(=O)(O)OCC[N+](C)(C)C. The number of esters is 2. The second-order valence-corrected chi connectivity index (χ2v) is 16.5. The minimum Gasteiger partial charge on any atom is -0.462 e. The van der Waals surface area contributed by atoms with Crippen LogP contribution in [0.2, 0.25) is 0 Å². The number of phosphoric acid groups is 1. The number of unbranched alkanes of at least 4 members (excludes halogenated alkanes) is 21. The van der Waals surface area contributed by atoms with Crippen LogP contribution in [0.5, 0.6) is 0 Å². The molecule has 0 saturated carbocycles. The first-order valence-electron chi connectivity index (χ1n) is 20.4. The van der Waals surface area contributed by atoms with Crippen LogP contribution in [-0.2, 0) is 32.7 Å². The van der Waals surface area contributed by atoms with E-state index >= 15 is 0 Å². The van der Waals surface area contributed by atoms with Gasteiger partial charge in [0.2, 0.25) is 0 Å². The van der Waals surface area contributed by atoms with Crippen molar-refractivity contribution in [1.29, 1.82) is 0 Å². The Balaban J connectivity index is 4.42. The molecular weight excluding hydrogens is 653 g/mol. The van der Waals surface area contributed by atoms with E-state index in [0.717, 1.165) is 38.5 Å². The van der Waals surface area contributed by atoms with Crippen LogP contribution >= 0.6 is 7.82 Å². The van der Waals surface area contributed by atoms with E-state index in [1.807, 2.05) is 21.1 Å². The van der Waals surface area contributed by atoms with Crippen LogP contribution in [0, 0.1) is 0 Å². The highest BCUT2D eigenvalue weighted by molar-refractivity contribution is 7.47. The number of allylic oxidation sites excluding steroid dienone is 2. The fourth-order valence-corrected chi connectivity index (χ4v) is 6.28. The van der Waals surface area contributed by atoms with E-state index in [0.29, 0.717) is 17.4 Å². The largest absolute Gasteiger partial charge is 0.472 e. The van der Waals surface area contributed by atoms with Gasteiger partial charge in [-0.05, 0) is 38.5 Å². The molecule has 0 rings (SSSR count). The molecule has 2 atom stereocenters. The summed E-state index contributed by atoms with van der Waals surface area (Å²) >= 11 is 0. The van der Waals surface area contributed by atoms with Crippen LogP contribution in [-0.4, -0.2) is 74.9 Å². The number of likely N-dealkylation sites (N-methyl/N-ethyl adjacent to an activating group) is 1. The molecule has 0 aromatic rings. The third-order valence-corrected chi connectivity index (χ3v) is 9.78. The lowest BCUT2D eigenvalue weighted by Crippen LogP contribution is -2.37. The average molecular weight is 733 g/mol. The minimum atomic E-state index is -4.37. The first-order valence-corrected chi connectivity index (χ1v) is 21.9. The second-order valence-electron chi connectivity index (χ2n) is 15.0. The fourth-order valence-electron chi connectivity index (χ4n) is 5.54. The van der Waals surface area contributed by atoms with Crippen molar-refractivity contribution in [3.8, 4) is 0 Å². The molecule has 0 aromatic heterocycles. The molecule has 0 aliphatic heterocycles. The Morgan fingerprint density at radius 2 is 1.02 bits per heavy atom. The summed E-state index contributed by atoms with van der Waals surface area (Å²) in [7, 11) is 1.47. The van der Waals surface area contributed by atoms with Crippen LogP contribution in [0.1, 0.15) is 181 Å². The molecule has 0 aromatic carbocycles. The summed E-state index contributed by atoms with van der Waals surface area (Å²) in [5.41, 5.74) is 0. The van der Waals surface area contributed by atoms with Gasteiger partial charge in [-0.25, -0.2) is 4.57 Å². The Labute approximate surface area is 307 Å². The Hall–Kier alpha value is -1.25. The lowest BCUT2D eigenvalue weighted by Gasteiger charge is -2.24. The van der Waals surface area contributed by atoms with Gasteiger partial charge in [-0.1, -0.05) is 142 Å². The molecule has 0 fully saturated rings. The van der Waals surface area contributed by atoms with Gasteiger partial charge in [-0.15, -0.1) is 0 Å². The predicted octanol–water partition coefficient (Wildman–Crippen LogP) is 11.0. The van der Waals surface area contributed by atoms with E-state index in [1.54, 1.807) is 0 Å². The molecule has 50 heavy (non-hydrogen) atoms. The molecule has 9 nitrogen and oxygen atoms in total. The van der Waals surface area contributed by atoms with Crippen LogP contribution in [0.15, 0.2) is 12.2 Å². The van der Waals surface area contributed by atoms with Crippen molar-refractivity contribution in [1.82, 2.24) is 0 Å². The van der Waals surface area contributed by atoms with E-state index < -0.39 is 26.5 Å². The zero-order valence-electron chi connectivity index (χ0n) is 33.1. The molecule has 1 N–H and O–H groups in total. The maximum atomic E-state index is 12.6. The zero-order chi connectivity index (χ0) is 37.2. The summed E-state index contributed by atoms with van der Waals surface area (Å²) in [6, 6.07) is 0. The summed E-state index contributed by atoms with van der Waals surface area (Å²) in [6.45, 7) is 4.39. The molecule has 0 amide bonds. The smallest absolute Gasteiger partial charge is 0.462 e. The fraction of sp³-hybridized carbons (Fsp3) is 0.900. The third kappa shape index (κ3) is 36.5. The molecule has 0 spiro atoms. The van der Waals surface area contributed by atoms with E-state index in [4.69, 9.17) is 18.5 Å². The molecule has 0 aliphatic carbocycles. The predicted molar refractivity (Wildman–Crippen MR) is 206 cm³/mol. The second kappa shape index (κ2) is 33.6. The normalized spacial score (nSPS) is 13.8. The third-order valence-electron chi connectivity index (χ3n) is 8.80. The van der Waals surface area contributed by atoms with Crippen molar-refractivity contribution in [2.45, 2.75) is 187 Å². The van der Waals surface area contributed by atoms with Crippen molar-refractivity contribution >= 4 is 19.8 Å². The lowest BCUT2D eigenvalue weighted by atomic mass is 10.1. The van der Waals surface area contributed by atoms with Gasteiger partial charge >= 0.3 is 19.8 Å². The van der Waals surface area contributed by atoms with E-state index in [1.165, 1.54) is 109 Å². The van der Waals surface area contributed by atoms with Gasteiger partial charge in [-0.2, -0.15) is 0 Å². The van der Waals surface area contributed by atoms with Gasteiger partial charge in [0, 0.05) is 12.8 Å². The summed E-state index contributed by atoms with van der Waals surface area (Å²) in [5, 5.41) is 0. The summed E-state index contributed by atoms with van der Waals surface area (Å²) < 4.78 is 34.2. The highest BCUT2D eigenvalue weighted by Crippen LogP contribution is 2.43. The van der Waals surface area contributed by atoms with Crippen molar-refractivity contribution in [3.05, 3.63) is 12.2 Å². The standard InChI is InChI=1S/C40H78NO8P/c1-6-8-10-12-14-16-18-19-20-21-23-25-27-29-31-33-40(43)49-38(37-48-50(44,45)47-35-34-41(3,4)5)36-46-39(42)32-30-28-26-24-22-17-15-13-11-9-7-2/h23,25,38H,6-22,24,26-37H2,1-5H3/p+1/b25-23+/t38-/m1/s1. The van der Waals surface area contributed by atoms with Crippen LogP contribution in [0.3, 0.4) is 0 Å². The minimum absolute atomic E-state index is 0.0311. The van der Waals surface area contributed by atoms with Gasteiger partial charge in [0.1, 0.15) is 19.8 Å². The number of hydrogen-bond donors (Lipinski definition) is 1. The molecular formula is C40H79NO8P+. The number of nitrogens with zero attached hydrogens (tertiary/aromatic N) is 1. The zero-order valence-corrected chi connectivity index (χ0v) is 34.0. The number of carbonyl (C=O) groups excluding carboxylic acids is 2. The van der Waals surface area contributed by atoms with Gasteiger partial charge in [0.15, 0.2) is 6.10 Å². The number of rotatable bonds is 37. The molecule has 0 aliphatic rings. The topological polar surface area (TPSA) is 108 Å². The summed E-state index contributed by atoms with van der Waals surface area (Å²) in [4.78, 5) is 35.2. The van der Waals surface area contributed by atoms with Gasteiger partial charge in [-0.3, -0.25) is 18.6 Å². The molecule has 1 unspecified atom stereocenters. The highest BCUT2D eigenvalue weighted by atomic mass is 31.2. The first-order chi connectivity index (χ1) is 24.0. The number of hydrogen-bond acceptors (Lipinski definition) is 7. The highest BCUT2D eigenvalue weighted by Gasteiger charge is 2.27. The van der Waals surface area contributed by atoms with Crippen LogP contribution in [0.25, 0.3) is 0 Å². The Bertz CT molecular complexity index is 876. The molecule has 0 heterocycles. The number of phosphoric ester groups is 1. The monoisotopic (exact) mass is 733 g/mol. The molecule has 296 valence electrons. The Morgan fingerprint density at radius 3 is 1.52 bits per heavy atom. The van der Waals surface area contributed by atoms with Crippen LogP contribution < -0.4 is 0 Å². The Morgan fingerprint density at radius 1 is 0.600 bits per heavy atom. The van der Waals surface area contributed by atoms with Crippen molar-refractivity contribution < 1.29 is 42.1 Å². The van der Waals surface area contributed by atoms with E-state index in [2.05, 4.69) is 26.0 Å². The average Bonchev–Trinajstić information content (AvgIpc) is 3.06. The van der Waals surface area contributed by atoms with Gasteiger partial charge < -0.3 is 18.9 Å². The Kier molecular flexibility index (Phi) is 32.7. The number of ether oxygens (including phenoxy) is 2. The molecule has 0 radical (unpaired) electrons. The number of quaternary nitrogens is 1. The van der Waals surface area contributed by atoms with Crippen molar-refractivity contribution in [2.24, 2.45) is 0 Å². The maximum Gasteiger partial charge on any atom is 0.472 e. The van der Waals surface area contributed by atoms with E-state index in [9.17, 15) is 19.0 Å². The summed E-state index contributed by atoms with van der Waals surface area (Å²) in [6.07, 6.45) is 32.6. The lowest BCUT2D eigenvalue weighted by molar-refractivity contribution is -0.870. The first kappa shape index (κ1) is 48.8.